The van der Waals surface area contributed by atoms with Gasteiger partial charge in [-0.15, -0.1) is 0 Å². The topological polar surface area (TPSA) is 71.0 Å². The minimum Gasteiger partial charge on any atom is -0.489 e. The van der Waals surface area contributed by atoms with Gasteiger partial charge in [-0.05, 0) is 84.6 Å². The van der Waals surface area contributed by atoms with Crippen LogP contribution in [-0.4, -0.2) is 24.6 Å². The molecular formula is C27H26ClN3O3. The van der Waals surface area contributed by atoms with Gasteiger partial charge in [0, 0.05) is 23.7 Å². The van der Waals surface area contributed by atoms with Crippen LogP contribution in [0.3, 0.4) is 0 Å². The molecule has 0 unspecified atom stereocenters. The zero-order valence-electron chi connectivity index (χ0n) is 19.1. The van der Waals surface area contributed by atoms with E-state index in [1.807, 2.05) is 80.6 Å². The quantitative estimate of drug-likeness (QED) is 0.384. The molecule has 1 aliphatic heterocycles. The average Bonchev–Trinajstić information content (AvgIpc) is 3.23. The number of ether oxygens (including phenoxy) is 1. The van der Waals surface area contributed by atoms with Crippen molar-refractivity contribution < 1.29 is 14.3 Å². The molecule has 0 spiro atoms. The first-order chi connectivity index (χ1) is 16.4. The second kappa shape index (κ2) is 10.5. The lowest BCUT2D eigenvalue weighted by Gasteiger charge is -2.17. The first-order valence-electron chi connectivity index (χ1n) is 11.1. The molecule has 2 amide bonds. The van der Waals surface area contributed by atoms with Gasteiger partial charge in [-0.1, -0.05) is 29.8 Å². The van der Waals surface area contributed by atoms with Crippen LogP contribution in [0.2, 0.25) is 5.02 Å². The lowest BCUT2D eigenvalue weighted by Crippen LogP contribution is -2.30. The molecule has 6 nitrogen and oxygen atoms in total. The van der Waals surface area contributed by atoms with Crippen molar-refractivity contribution in [3.8, 4) is 5.75 Å². The van der Waals surface area contributed by atoms with Crippen molar-refractivity contribution in [3.63, 3.8) is 0 Å². The van der Waals surface area contributed by atoms with E-state index in [-0.39, 0.29) is 18.2 Å². The highest BCUT2D eigenvalue weighted by Gasteiger charge is 2.35. The Hall–Kier alpha value is -3.64. The number of carbonyl (C=O) groups excluding carboxylic acids is 2. The molecule has 34 heavy (non-hydrogen) atoms. The molecule has 0 aliphatic carbocycles. The summed E-state index contributed by atoms with van der Waals surface area (Å²) in [5.41, 5.74) is 7.51. The summed E-state index contributed by atoms with van der Waals surface area (Å²) in [4.78, 5) is 26.7. The maximum absolute atomic E-state index is 12.5. The number of nitrogens with zero attached hydrogens (tertiary/aromatic N) is 2. The summed E-state index contributed by atoms with van der Waals surface area (Å²) < 4.78 is 5.77. The molecule has 3 aromatic rings. The van der Waals surface area contributed by atoms with Gasteiger partial charge in [-0.2, -0.15) is 5.10 Å². The van der Waals surface area contributed by atoms with Crippen molar-refractivity contribution in [2.24, 2.45) is 11.0 Å². The number of hydrazone groups is 1. The summed E-state index contributed by atoms with van der Waals surface area (Å²) in [7, 11) is 0. The number of halogens is 1. The fourth-order valence-electron chi connectivity index (χ4n) is 3.69. The van der Waals surface area contributed by atoms with Crippen LogP contribution >= 0.6 is 11.6 Å². The third-order valence-electron chi connectivity index (χ3n) is 5.89. The largest absolute Gasteiger partial charge is 0.489 e. The normalized spacial score (nSPS) is 15.7. The fourth-order valence-corrected chi connectivity index (χ4v) is 3.81. The molecule has 0 radical (unpaired) electrons. The third kappa shape index (κ3) is 5.83. The maximum atomic E-state index is 12.5. The van der Waals surface area contributed by atoms with E-state index in [4.69, 9.17) is 16.3 Å². The Kier molecular flexibility index (Phi) is 7.28. The van der Waals surface area contributed by atoms with Crippen molar-refractivity contribution in [3.05, 3.63) is 94.0 Å². The summed E-state index contributed by atoms with van der Waals surface area (Å²) in [5.74, 6) is -0.0256. The predicted octanol–water partition coefficient (Wildman–Crippen LogP) is 5.04. The smallest absolute Gasteiger partial charge is 0.245 e. The van der Waals surface area contributed by atoms with Gasteiger partial charge in [-0.25, -0.2) is 5.43 Å². The van der Waals surface area contributed by atoms with Gasteiger partial charge < -0.3 is 9.64 Å². The highest BCUT2D eigenvalue weighted by Crippen LogP contribution is 2.27. The SMILES string of the molecule is Cc1ccc(N2C[C@@H](C(=O)N/N=C\c3ccc(OCc4ccc(Cl)cc4)cc3)CC2=O)cc1C. The van der Waals surface area contributed by atoms with Crippen LogP contribution in [0.25, 0.3) is 0 Å². The number of hydrogen-bond acceptors (Lipinski definition) is 4. The molecular weight excluding hydrogens is 450 g/mol. The first kappa shape index (κ1) is 23.5. The van der Waals surface area contributed by atoms with Gasteiger partial charge in [-0.3, -0.25) is 9.59 Å². The van der Waals surface area contributed by atoms with Gasteiger partial charge in [0.15, 0.2) is 0 Å². The van der Waals surface area contributed by atoms with E-state index in [1.165, 1.54) is 5.56 Å². The Labute approximate surface area is 204 Å². The van der Waals surface area contributed by atoms with Gasteiger partial charge in [0.25, 0.3) is 0 Å². The molecule has 4 rings (SSSR count). The van der Waals surface area contributed by atoms with Gasteiger partial charge in [0.1, 0.15) is 12.4 Å². The van der Waals surface area contributed by atoms with Gasteiger partial charge in [0.2, 0.25) is 11.8 Å². The van der Waals surface area contributed by atoms with Crippen molar-refractivity contribution in [1.82, 2.24) is 5.43 Å². The van der Waals surface area contributed by atoms with Crippen LogP contribution in [0, 0.1) is 19.8 Å². The zero-order chi connectivity index (χ0) is 24.1. The number of anilines is 1. The summed E-state index contributed by atoms with van der Waals surface area (Å²) >= 11 is 5.90. The van der Waals surface area contributed by atoms with E-state index < -0.39 is 5.92 Å². The highest BCUT2D eigenvalue weighted by atomic mass is 35.5. The third-order valence-corrected chi connectivity index (χ3v) is 6.14. The van der Waals surface area contributed by atoms with E-state index in [9.17, 15) is 9.59 Å². The molecule has 3 aromatic carbocycles. The maximum Gasteiger partial charge on any atom is 0.245 e. The van der Waals surface area contributed by atoms with Crippen LogP contribution in [0.15, 0.2) is 71.8 Å². The second-order valence-corrected chi connectivity index (χ2v) is 8.83. The molecule has 1 saturated heterocycles. The van der Waals surface area contributed by atoms with Crippen molar-refractivity contribution in [1.29, 1.82) is 0 Å². The first-order valence-corrected chi connectivity index (χ1v) is 11.4. The van der Waals surface area contributed by atoms with Gasteiger partial charge in [0.05, 0.1) is 12.1 Å². The fraction of sp³-hybridized carbons (Fsp3) is 0.222. The number of nitrogens with one attached hydrogen (secondary N) is 1. The van der Waals surface area contributed by atoms with Crippen molar-refractivity contribution in [2.45, 2.75) is 26.9 Å². The molecule has 1 atom stereocenters. The molecule has 0 bridgehead atoms. The molecule has 174 valence electrons. The summed E-state index contributed by atoms with van der Waals surface area (Å²) in [5, 5.41) is 4.75. The summed E-state index contributed by atoms with van der Waals surface area (Å²) in [6.45, 7) is 4.83. The van der Waals surface area contributed by atoms with E-state index in [1.54, 1.807) is 11.1 Å². The van der Waals surface area contributed by atoms with E-state index >= 15 is 0 Å². The number of amides is 2. The molecule has 0 saturated carbocycles. The molecule has 1 N–H and O–H groups in total. The van der Waals surface area contributed by atoms with Crippen molar-refractivity contribution in [2.75, 3.05) is 11.4 Å². The number of rotatable bonds is 7. The molecule has 0 aromatic heterocycles. The number of aryl methyl sites for hydroxylation is 2. The Bertz CT molecular complexity index is 1210. The second-order valence-electron chi connectivity index (χ2n) is 8.39. The van der Waals surface area contributed by atoms with E-state index in [0.29, 0.717) is 18.2 Å². The Balaban J connectivity index is 1.27. The number of benzene rings is 3. The molecule has 1 heterocycles. The Morgan fingerprint density at radius 1 is 1.09 bits per heavy atom. The van der Waals surface area contributed by atoms with Crippen LogP contribution in [-0.2, 0) is 16.2 Å². The van der Waals surface area contributed by atoms with Crippen LogP contribution in [0.4, 0.5) is 5.69 Å². The monoisotopic (exact) mass is 475 g/mol. The number of carbonyl (C=O) groups is 2. The minimum absolute atomic E-state index is 0.0541. The van der Waals surface area contributed by atoms with Crippen LogP contribution in [0.5, 0.6) is 5.75 Å². The lowest BCUT2D eigenvalue weighted by atomic mass is 10.1. The van der Waals surface area contributed by atoms with E-state index in [0.717, 1.165) is 28.1 Å². The Morgan fingerprint density at radius 3 is 2.53 bits per heavy atom. The highest BCUT2D eigenvalue weighted by molar-refractivity contribution is 6.30. The van der Waals surface area contributed by atoms with Crippen molar-refractivity contribution >= 4 is 35.3 Å². The molecule has 1 aliphatic rings. The lowest BCUT2D eigenvalue weighted by molar-refractivity contribution is -0.126. The van der Waals surface area contributed by atoms with Crippen LogP contribution < -0.4 is 15.1 Å². The predicted molar refractivity (Wildman–Crippen MR) is 134 cm³/mol. The average molecular weight is 476 g/mol. The molecule has 7 heteroatoms. The standard InChI is InChI=1S/C27H26ClN3O3/c1-18-3-10-24(13-19(18)2)31-16-22(14-26(31)32)27(33)30-29-15-20-6-11-25(12-7-20)34-17-21-4-8-23(28)9-5-21/h3-13,15,22H,14,16-17H2,1-2H3,(H,30,33)/b29-15-/t22-/m0/s1. The number of hydrogen-bond donors (Lipinski definition) is 1. The zero-order valence-corrected chi connectivity index (χ0v) is 19.9. The molecule has 1 fully saturated rings. The summed E-state index contributed by atoms with van der Waals surface area (Å²) in [6, 6.07) is 20.8. The van der Waals surface area contributed by atoms with Gasteiger partial charge >= 0.3 is 0 Å². The van der Waals surface area contributed by atoms with Crippen LogP contribution in [0.1, 0.15) is 28.7 Å². The van der Waals surface area contributed by atoms with E-state index in [2.05, 4.69) is 10.5 Å². The summed E-state index contributed by atoms with van der Waals surface area (Å²) in [6.07, 6.45) is 1.74. The Morgan fingerprint density at radius 2 is 1.82 bits per heavy atom. The minimum atomic E-state index is -0.435.